The second kappa shape index (κ2) is 8.53. The van der Waals surface area contributed by atoms with Crippen LogP contribution in [0.4, 0.5) is 5.69 Å². The van der Waals surface area contributed by atoms with Crippen LogP contribution in [0, 0.1) is 0 Å². The van der Waals surface area contributed by atoms with Gasteiger partial charge in [-0.1, -0.05) is 42.5 Å². The minimum atomic E-state index is -0.244. The Labute approximate surface area is 152 Å². The summed E-state index contributed by atoms with van der Waals surface area (Å²) in [7, 11) is 0. The molecular weight excluding hydrogens is 326 g/mol. The van der Waals surface area contributed by atoms with E-state index in [4.69, 9.17) is 4.74 Å². The molecule has 0 bridgehead atoms. The SMILES string of the molecule is O=C(C=Cc1cccc(OCc2ccccc2)c1)Nc1ccc(O)cc1. The number of nitrogens with one attached hydrogen (secondary N) is 1. The third-order valence-electron chi connectivity index (χ3n) is 3.67. The van der Waals surface area contributed by atoms with Crippen LogP contribution in [-0.2, 0) is 11.4 Å². The fraction of sp³-hybridized carbons (Fsp3) is 0.0455. The van der Waals surface area contributed by atoms with Crippen molar-refractivity contribution in [1.29, 1.82) is 0 Å². The first-order valence-corrected chi connectivity index (χ1v) is 8.24. The van der Waals surface area contributed by atoms with Gasteiger partial charge >= 0.3 is 0 Å². The van der Waals surface area contributed by atoms with Crippen LogP contribution in [0.3, 0.4) is 0 Å². The topological polar surface area (TPSA) is 58.6 Å². The smallest absolute Gasteiger partial charge is 0.248 e. The molecule has 0 radical (unpaired) electrons. The highest BCUT2D eigenvalue weighted by Gasteiger charge is 2.00. The number of benzene rings is 3. The van der Waals surface area contributed by atoms with Crippen LogP contribution in [0.25, 0.3) is 6.08 Å². The van der Waals surface area contributed by atoms with Crippen molar-refractivity contribution in [3.05, 3.63) is 96.1 Å². The summed E-state index contributed by atoms with van der Waals surface area (Å²) in [6.07, 6.45) is 3.19. The number of phenols is 1. The van der Waals surface area contributed by atoms with Gasteiger partial charge in [0.25, 0.3) is 0 Å². The Morgan fingerprint density at radius 1 is 0.962 bits per heavy atom. The average Bonchev–Trinajstić information content (AvgIpc) is 2.68. The summed E-state index contributed by atoms with van der Waals surface area (Å²) in [4.78, 5) is 12.0. The lowest BCUT2D eigenvalue weighted by Crippen LogP contribution is -2.07. The number of anilines is 1. The molecule has 0 atom stereocenters. The van der Waals surface area contributed by atoms with Crippen LogP contribution < -0.4 is 10.1 Å². The maximum absolute atomic E-state index is 12.0. The van der Waals surface area contributed by atoms with E-state index < -0.39 is 0 Å². The van der Waals surface area contributed by atoms with Crippen molar-refractivity contribution in [3.63, 3.8) is 0 Å². The lowest BCUT2D eigenvalue weighted by atomic mass is 10.2. The van der Waals surface area contributed by atoms with E-state index >= 15 is 0 Å². The molecule has 3 aromatic rings. The summed E-state index contributed by atoms with van der Waals surface area (Å²) < 4.78 is 5.79. The maximum Gasteiger partial charge on any atom is 0.248 e. The number of hydrogen-bond acceptors (Lipinski definition) is 3. The number of ether oxygens (including phenoxy) is 1. The average molecular weight is 345 g/mol. The van der Waals surface area contributed by atoms with E-state index in [1.165, 1.54) is 18.2 Å². The molecule has 0 unspecified atom stereocenters. The van der Waals surface area contributed by atoms with Gasteiger partial charge in [0.05, 0.1) is 0 Å². The number of phenolic OH excluding ortho intramolecular Hbond substituents is 1. The van der Waals surface area contributed by atoms with Gasteiger partial charge in [0.2, 0.25) is 5.91 Å². The van der Waals surface area contributed by atoms with Crippen LogP contribution in [0.2, 0.25) is 0 Å². The molecule has 0 aromatic heterocycles. The van der Waals surface area contributed by atoms with Gasteiger partial charge in [-0.05, 0) is 53.6 Å². The van der Waals surface area contributed by atoms with Crippen molar-refractivity contribution >= 4 is 17.7 Å². The van der Waals surface area contributed by atoms with E-state index in [9.17, 15) is 9.90 Å². The third-order valence-corrected chi connectivity index (χ3v) is 3.67. The Hall–Kier alpha value is -3.53. The zero-order chi connectivity index (χ0) is 18.2. The number of aromatic hydroxyl groups is 1. The van der Waals surface area contributed by atoms with Crippen LogP contribution in [-0.4, -0.2) is 11.0 Å². The Kier molecular flexibility index (Phi) is 5.68. The Morgan fingerprint density at radius 3 is 2.50 bits per heavy atom. The van der Waals surface area contributed by atoms with Gasteiger partial charge in [0.1, 0.15) is 18.1 Å². The van der Waals surface area contributed by atoms with Crippen molar-refractivity contribution in [2.24, 2.45) is 0 Å². The molecule has 4 nitrogen and oxygen atoms in total. The van der Waals surface area contributed by atoms with E-state index in [1.54, 1.807) is 18.2 Å². The first kappa shape index (κ1) is 17.3. The molecule has 0 saturated carbocycles. The first-order valence-electron chi connectivity index (χ1n) is 8.24. The standard InChI is InChI=1S/C22H19NO3/c24-20-12-10-19(11-13-20)23-22(25)14-9-17-7-4-8-21(15-17)26-16-18-5-2-1-3-6-18/h1-15,24H,16H2,(H,23,25). The summed E-state index contributed by atoms with van der Waals surface area (Å²) in [5.41, 5.74) is 2.59. The predicted molar refractivity (Wildman–Crippen MR) is 103 cm³/mol. The quantitative estimate of drug-likeness (QED) is 0.506. The molecule has 3 aromatic carbocycles. The molecule has 0 aliphatic heterocycles. The molecule has 0 aliphatic rings. The second-order valence-corrected chi connectivity index (χ2v) is 5.72. The monoisotopic (exact) mass is 345 g/mol. The largest absolute Gasteiger partial charge is 0.508 e. The molecule has 130 valence electrons. The van der Waals surface area contributed by atoms with Gasteiger partial charge < -0.3 is 15.2 Å². The van der Waals surface area contributed by atoms with Crippen LogP contribution in [0.5, 0.6) is 11.5 Å². The summed E-state index contributed by atoms with van der Waals surface area (Å²) in [5.74, 6) is 0.659. The van der Waals surface area contributed by atoms with Gasteiger partial charge in [-0.15, -0.1) is 0 Å². The van der Waals surface area contributed by atoms with Gasteiger partial charge in [-0.3, -0.25) is 4.79 Å². The van der Waals surface area contributed by atoms with E-state index in [1.807, 2.05) is 54.6 Å². The highest BCUT2D eigenvalue weighted by atomic mass is 16.5. The number of carbonyl (C=O) groups is 1. The molecule has 0 heterocycles. The zero-order valence-electron chi connectivity index (χ0n) is 14.1. The highest BCUT2D eigenvalue weighted by molar-refractivity contribution is 6.01. The second-order valence-electron chi connectivity index (χ2n) is 5.72. The summed E-state index contributed by atoms with van der Waals surface area (Å²) >= 11 is 0. The van der Waals surface area contributed by atoms with Crippen LogP contribution in [0.1, 0.15) is 11.1 Å². The van der Waals surface area contributed by atoms with Crippen LogP contribution in [0.15, 0.2) is 84.9 Å². The molecule has 2 N–H and O–H groups in total. The van der Waals surface area contributed by atoms with E-state index in [0.29, 0.717) is 12.3 Å². The fourth-order valence-corrected chi connectivity index (χ4v) is 2.35. The fourth-order valence-electron chi connectivity index (χ4n) is 2.35. The minimum absolute atomic E-state index is 0.158. The number of amides is 1. The molecule has 0 aliphatic carbocycles. The van der Waals surface area contributed by atoms with E-state index in [0.717, 1.165) is 16.9 Å². The van der Waals surface area contributed by atoms with Crippen molar-refractivity contribution in [3.8, 4) is 11.5 Å². The van der Waals surface area contributed by atoms with Crippen LogP contribution >= 0.6 is 0 Å². The summed E-state index contributed by atoms with van der Waals surface area (Å²) in [5, 5.41) is 12.0. The molecular formula is C22H19NO3. The number of hydrogen-bond donors (Lipinski definition) is 2. The Morgan fingerprint density at radius 2 is 1.73 bits per heavy atom. The van der Waals surface area contributed by atoms with Gasteiger partial charge in [-0.25, -0.2) is 0 Å². The van der Waals surface area contributed by atoms with Crippen molar-refractivity contribution < 1.29 is 14.6 Å². The van der Waals surface area contributed by atoms with Gasteiger partial charge in [0.15, 0.2) is 0 Å². The lowest BCUT2D eigenvalue weighted by molar-refractivity contribution is -0.111. The Balaban J connectivity index is 1.58. The highest BCUT2D eigenvalue weighted by Crippen LogP contribution is 2.17. The van der Waals surface area contributed by atoms with Crippen molar-refractivity contribution in [2.75, 3.05) is 5.32 Å². The van der Waals surface area contributed by atoms with Gasteiger partial charge in [-0.2, -0.15) is 0 Å². The molecule has 26 heavy (non-hydrogen) atoms. The molecule has 0 fully saturated rings. The molecule has 0 spiro atoms. The normalized spacial score (nSPS) is 10.6. The number of rotatable bonds is 6. The first-order chi connectivity index (χ1) is 12.7. The Bertz CT molecular complexity index is 887. The summed E-state index contributed by atoms with van der Waals surface area (Å²) in [6.45, 7) is 0.495. The van der Waals surface area contributed by atoms with Crippen molar-refractivity contribution in [1.82, 2.24) is 0 Å². The zero-order valence-corrected chi connectivity index (χ0v) is 14.1. The van der Waals surface area contributed by atoms with Gasteiger partial charge in [0, 0.05) is 11.8 Å². The van der Waals surface area contributed by atoms with E-state index in [-0.39, 0.29) is 11.7 Å². The molecule has 4 heteroatoms. The minimum Gasteiger partial charge on any atom is -0.508 e. The van der Waals surface area contributed by atoms with E-state index in [2.05, 4.69) is 5.32 Å². The molecule has 1 amide bonds. The lowest BCUT2D eigenvalue weighted by Gasteiger charge is -2.07. The van der Waals surface area contributed by atoms with Crippen molar-refractivity contribution in [2.45, 2.75) is 6.61 Å². The predicted octanol–water partition coefficient (Wildman–Crippen LogP) is 4.62. The maximum atomic E-state index is 12.0. The summed E-state index contributed by atoms with van der Waals surface area (Å²) in [6, 6.07) is 23.8. The molecule has 0 saturated heterocycles. The number of carbonyl (C=O) groups excluding carboxylic acids is 1. The third kappa shape index (κ3) is 5.24. The molecule has 3 rings (SSSR count).